The van der Waals surface area contributed by atoms with Crippen LogP contribution in [-0.2, 0) is 0 Å². The van der Waals surface area contributed by atoms with Crippen LogP contribution in [-0.4, -0.2) is 12.1 Å². The fraction of sp³-hybridized carbons (Fsp3) is 0.214. The van der Waals surface area contributed by atoms with E-state index >= 15 is 0 Å². The fourth-order valence-electron chi connectivity index (χ4n) is 1.96. The molecule has 1 heterocycles. The van der Waals surface area contributed by atoms with Crippen molar-refractivity contribution < 1.29 is 4.74 Å². The van der Waals surface area contributed by atoms with Crippen molar-refractivity contribution in [1.29, 1.82) is 0 Å². The van der Waals surface area contributed by atoms with Crippen LogP contribution >= 0.6 is 0 Å². The molecule has 0 bridgehead atoms. The molecular formula is C14H17N3O. The van der Waals surface area contributed by atoms with E-state index in [1.165, 1.54) is 0 Å². The van der Waals surface area contributed by atoms with Gasteiger partial charge in [-0.15, -0.1) is 0 Å². The number of methoxy groups -OCH3 is 1. The van der Waals surface area contributed by atoms with Crippen molar-refractivity contribution >= 4 is 0 Å². The summed E-state index contributed by atoms with van der Waals surface area (Å²) in [7, 11) is 1.65. The number of para-hydroxylation sites is 1. The van der Waals surface area contributed by atoms with E-state index in [9.17, 15) is 0 Å². The van der Waals surface area contributed by atoms with Gasteiger partial charge >= 0.3 is 0 Å². The third kappa shape index (κ3) is 2.50. The number of nitrogens with one attached hydrogen (secondary N) is 1. The third-order valence-corrected chi connectivity index (χ3v) is 2.82. The number of hydrazine groups is 1. The summed E-state index contributed by atoms with van der Waals surface area (Å²) in [5.74, 6) is 6.46. The van der Waals surface area contributed by atoms with E-state index < -0.39 is 0 Å². The van der Waals surface area contributed by atoms with Gasteiger partial charge in [0, 0.05) is 11.3 Å². The Labute approximate surface area is 107 Å². The number of aromatic nitrogens is 1. The molecule has 18 heavy (non-hydrogen) atoms. The topological polar surface area (TPSA) is 60.2 Å². The first kappa shape index (κ1) is 12.5. The van der Waals surface area contributed by atoms with E-state index in [-0.39, 0.29) is 6.04 Å². The Balaban J connectivity index is 2.45. The highest BCUT2D eigenvalue weighted by Crippen LogP contribution is 2.28. The number of benzene rings is 1. The van der Waals surface area contributed by atoms with Gasteiger partial charge < -0.3 is 4.74 Å². The lowest BCUT2D eigenvalue weighted by atomic mass is 10.0. The minimum absolute atomic E-state index is 0.180. The van der Waals surface area contributed by atoms with E-state index in [2.05, 4.69) is 10.4 Å². The highest BCUT2D eigenvalue weighted by Gasteiger charge is 2.17. The highest BCUT2D eigenvalue weighted by molar-refractivity contribution is 5.39. The Morgan fingerprint density at radius 2 is 1.94 bits per heavy atom. The van der Waals surface area contributed by atoms with Crippen LogP contribution < -0.4 is 16.0 Å². The van der Waals surface area contributed by atoms with Crippen molar-refractivity contribution in [3.05, 3.63) is 59.4 Å². The van der Waals surface area contributed by atoms with E-state index in [1.54, 1.807) is 7.11 Å². The number of hydrogen-bond acceptors (Lipinski definition) is 4. The fourth-order valence-corrected chi connectivity index (χ4v) is 1.96. The van der Waals surface area contributed by atoms with E-state index in [1.807, 2.05) is 49.4 Å². The van der Waals surface area contributed by atoms with Crippen molar-refractivity contribution in [2.75, 3.05) is 7.11 Å². The molecule has 2 rings (SSSR count). The molecule has 2 aromatic rings. The van der Waals surface area contributed by atoms with Crippen molar-refractivity contribution in [2.24, 2.45) is 5.84 Å². The molecule has 1 unspecified atom stereocenters. The lowest BCUT2D eigenvalue weighted by Gasteiger charge is -2.18. The summed E-state index contributed by atoms with van der Waals surface area (Å²) in [4.78, 5) is 4.50. The predicted octanol–water partition coefficient (Wildman–Crippen LogP) is 1.95. The SMILES string of the molecule is COc1ccccc1C(NN)c1cccc(C)n1. The maximum Gasteiger partial charge on any atom is 0.124 e. The molecule has 0 aliphatic rings. The largest absolute Gasteiger partial charge is 0.496 e. The van der Waals surface area contributed by atoms with Crippen LogP contribution in [0.2, 0.25) is 0 Å². The molecular weight excluding hydrogens is 226 g/mol. The summed E-state index contributed by atoms with van der Waals surface area (Å²) in [5.41, 5.74) is 5.60. The Bertz CT molecular complexity index is 528. The number of nitrogens with zero attached hydrogens (tertiary/aromatic N) is 1. The molecule has 4 nitrogen and oxygen atoms in total. The highest BCUT2D eigenvalue weighted by atomic mass is 16.5. The molecule has 3 N–H and O–H groups in total. The molecule has 1 aromatic heterocycles. The van der Waals surface area contributed by atoms with Crippen LogP contribution in [0.5, 0.6) is 5.75 Å². The minimum Gasteiger partial charge on any atom is -0.496 e. The maximum atomic E-state index is 5.66. The van der Waals surface area contributed by atoms with Gasteiger partial charge in [-0.25, -0.2) is 5.43 Å². The van der Waals surface area contributed by atoms with Crippen LogP contribution in [0.15, 0.2) is 42.5 Å². The average Bonchev–Trinajstić information content (AvgIpc) is 2.40. The van der Waals surface area contributed by atoms with E-state index in [0.29, 0.717) is 0 Å². The Morgan fingerprint density at radius 1 is 1.17 bits per heavy atom. The number of nitrogens with two attached hydrogens (primary N) is 1. The van der Waals surface area contributed by atoms with Gasteiger partial charge in [-0.3, -0.25) is 10.8 Å². The maximum absolute atomic E-state index is 5.66. The molecule has 0 aliphatic carbocycles. The smallest absolute Gasteiger partial charge is 0.124 e. The molecule has 0 radical (unpaired) electrons. The van der Waals surface area contributed by atoms with Crippen LogP contribution in [0.1, 0.15) is 23.0 Å². The Hall–Kier alpha value is -1.91. The van der Waals surface area contributed by atoms with Crippen LogP contribution in [0, 0.1) is 6.92 Å². The van der Waals surface area contributed by atoms with Gasteiger partial charge in [-0.2, -0.15) is 0 Å². The van der Waals surface area contributed by atoms with Gasteiger partial charge in [-0.1, -0.05) is 24.3 Å². The lowest BCUT2D eigenvalue weighted by Crippen LogP contribution is -2.29. The first-order valence-corrected chi connectivity index (χ1v) is 5.79. The van der Waals surface area contributed by atoms with E-state index in [4.69, 9.17) is 10.6 Å². The summed E-state index contributed by atoms with van der Waals surface area (Å²) in [6, 6.07) is 13.5. The summed E-state index contributed by atoms with van der Waals surface area (Å²) in [6.45, 7) is 1.96. The molecule has 1 aromatic carbocycles. The van der Waals surface area contributed by atoms with E-state index in [0.717, 1.165) is 22.7 Å². The summed E-state index contributed by atoms with van der Waals surface area (Å²) in [6.07, 6.45) is 0. The van der Waals surface area contributed by atoms with Gasteiger partial charge in [0.25, 0.3) is 0 Å². The number of aryl methyl sites for hydroxylation is 1. The third-order valence-electron chi connectivity index (χ3n) is 2.82. The van der Waals surface area contributed by atoms with Gasteiger partial charge in [0.1, 0.15) is 5.75 Å². The standard InChI is InChI=1S/C14H17N3O/c1-10-6-5-8-12(16-10)14(17-15)11-7-3-4-9-13(11)18-2/h3-9,14,17H,15H2,1-2H3. The quantitative estimate of drug-likeness (QED) is 0.636. The molecule has 4 heteroatoms. The molecule has 0 spiro atoms. The zero-order chi connectivity index (χ0) is 13.0. The predicted molar refractivity (Wildman–Crippen MR) is 71.1 cm³/mol. The second-order valence-electron chi connectivity index (χ2n) is 4.05. The van der Waals surface area contributed by atoms with Gasteiger partial charge in [-0.05, 0) is 25.1 Å². The molecule has 0 saturated heterocycles. The summed E-state index contributed by atoms with van der Waals surface area (Å²) < 4.78 is 5.36. The van der Waals surface area contributed by atoms with Crippen LogP contribution in [0.25, 0.3) is 0 Å². The number of hydrogen-bond donors (Lipinski definition) is 2. The molecule has 0 amide bonds. The first-order valence-electron chi connectivity index (χ1n) is 5.79. The van der Waals surface area contributed by atoms with Gasteiger partial charge in [0.05, 0.1) is 18.8 Å². The minimum atomic E-state index is -0.180. The zero-order valence-corrected chi connectivity index (χ0v) is 10.6. The lowest BCUT2D eigenvalue weighted by molar-refractivity contribution is 0.403. The number of ether oxygens (including phenoxy) is 1. The molecule has 0 fully saturated rings. The van der Waals surface area contributed by atoms with Gasteiger partial charge in [0.15, 0.2) is 0 Å². The zero-order valence-electron chi connectivity index (χ0n) is 10.6. The van der Waals surface area contributed by atoms with Crippen molar-refractivity contribution in [3.8, 4) is 5.75 Å². The van der Waals surface area contributed by atoms with Crippen molar-refractivity contribution in [3.63, 3.8) is 0 Å². The number of pyridine rings is 1. The number of rotatable bonds is 4. The second-order valence-corrected chi connectivity index (χ2v) is 4.05. The Morgan fingerprint density at radius 3 is 2.61 bits per heavy atom. The molecule has 0 aliphatic heterocycles. The van der Waals surface area contributed by atoms with Crippen LogP contribution in [0.4, 0.5) is 0 Å². The van der Waals surface area contributed by atoms with Crippen molar-refractivity contribution in [2.45, 2.75) is 13.0 Å². The second kappa shape index (κ2) is 5.62. The average molecular weight is 243 g/mol. The van der Waals surface area contributed by atoms with Crippen molar-refractivity contribution in [1.82, 2.24) is 10.4 Å². The molecule has 94 valence electrons. The monoisotopic (exact) mass is 243 g/mol. The molecule has 1 atom stereocenters. The summed E-state index contributed by atoms with van der Waals surface area (Å²) in [5, 5.41) is 0. The molecule has 0 saturated carbocycles. The van der Waals surface area contributed by atoms with Crippen LogP contribution in [0.3, 0.4) is 0 Å². The summed E-state index contributed by atoms with van der Waals surface area (Å²) >= 11 is 0. The normalized spacial score (nSPS) is 12.2. The first-order chi connectivity index (χ1) is 8.76. The van der Waals surface area contributed by atoms with Gasteiger partial charge in [0.2, 0.25) is 0 Å². The Kier molecular flexibility index (Phi) is 3.92.